The molecule has 0 bridgehead atoms. The van der Waals surface area contributed by atoms with Gasteiger partial charge in [0.05, 0.1) is 0 Å². The number of hydrogen-bond donors (Lipinski definition) is 2. The molecule has 0 amide bonds. The third-order valence-corrected chi connectivity index (χ3v) is 4.38. The van der Waals surface area contributed by atoms with Crippen molar-refractivity contribution in [2.75, 3.05) is 6.54 Å². The molecule has 0 aromatic heterocycles. The summed E-state index contributed by atoms with van der Waals surface area (Å²) in [5.41, 5.74) is 0.523. The minimum atomic E-state index is -1.42. The zero-order chi connectivity index (χ0) is 18.6. The van der Waals surface area contributed by atoms with Crippen LogP contribution in [0, 0.1) is 17.5 Å². The highest BCUT2D eigenvalue weighted by molar-refractivity contribution is 5.36. The Bertz CT molecular complexity index is 800. The lowest BCUT2D eigenvalue weighted by atomic mass is 9.86. The highest BCUT2D eigenvalue weighted by Gasteiger charge is 2.33. The van der Waals surface area contributed by atoms with Gasteiger partial charge in [-0.2, -0.15) is 0 Å². The molecule has 0 unspecified atom stereocenters. The van der Waals surface area contributed by atoms with Gasteiger partial charge in [-0.05, 0) is 47.5 Å². The minimum absolute atomic E-state index is 0.238. The van der Waals surface area contributed by atoms with Crippen LogP contribution in [0.2, 0.25) is 0 Å². The molecule has 0 saturated carbocycles. The van der Waals surface area contributed by atoms with Crippen molar-refractivity contribution in [3.8, 4) is 0 Å². The van der Waals surface area contributed by atoms with Crippen LogP contribution in [0.25, 0.3) is 0 Å². The first-order chi connectivity index (χ1) is 12.5. The van der Waals surface area contributed by atoms with Crippen molar-refractivity contribution in [3.63, 3.8) is 0 Å². The number of halogens is 3. The highest BCUT2D eigenvalue weighted by atomic mass is 19.1. The van der Waals surface area contributed by atoms with Crippen LogP contribution >= 0.6 is 0 Å². The van der Waals surface area contributed by atoms with Crippen LogP contribution in [0.5, 0.6) is 0 Å². The highest BCUT2D eigenvalue weighted by Crippen LogP contribution is 2.28. The lowest BCUT2D eigenvalue weighted by molar-refractivity contribution is -0.682. The van der Waals surface area contributed by atoms with E-state index in [2.05, 4.69) is 0 Å². The summed E-state index contributed by atoms with van der Waals surface area (Å²) in [6.45, 7) is 0.770. The molecule has 0 radical (unpaired) electrons. The van der Waals surface area contributed by atoms with Gasteiger partial charge in [0.1, 0.15) is 30.5 Å². The zero-order valence-corrected chi connectivity index (χ0v) is 14.0. The summed E-state index contributed by atoms with van der Waals surface area (Å²) in [7, 11) is 0. The number of hydrogen-bond acceptors (Lipinski definition) is 1. The zero-order valence-electron chi connectivity index (χ0n) is 14.0. The Hall–Kier alpha value is -2.63. The topological polar surface area (TPSA) is 36.8 Å². The standard InChI is InChI=1S/C21H18F3NO/c22-18-7-1-15(2-8-18)13-25-14-21(26,16-3-9-19(23)10-4-16)17-5-11-20(24)12-6-17/h1-12,25-26H,13-14H2/p+1. The van der Waals surface area contributed by atoms with Crippen molar-refractivity contribution in [2.24, 2.45) is 0 Å². The average Bonchev–Trinajstić information content (AvgIpc) is 2.64. The molecular formula is C21H19F3NO+. The molecule has 0 heterocycles. The average molecular weight is 358 g/mol. The Kier molecular flexibility index (Phi) is 5.40. The summed E-state index contributed by atoms with van der Waals surface area (Å²) < 4.78 is 39.5. The first kappa shape index (κ1) is 18.2. The van der Waals surface area contributed by atoms with Crippen molar-refractivity contribution in [1.29, 1.82) is 0 Å². The Morgan fingerprint density at radius 2 is 1.04 bits per heavy atom. The van der Waals surface area contributed by atoms with E-state index in [-0.39, 0.29) is 12.4 Å². The van der Waals surface area contributed by atoms with Crippen LogP contribution in [-0.4, -0.2) is 11.7 Å². The van der Waals surface area contributed by atoms with Gasteiger partial charge in [-0.15, -0.1) is 0 Å². The minimum Gasteiger partial charge on any atom is -0.375 e. The van der Waals surface area contributed by atoms with Gasteiger partial charge in [-0.25, -0.2) is 13.2 Å². The van der Waals surface area contributed by atoms with Crippen LogP contribution in [0.3, 0.4) is 0 Å². The molecule has 0 aliphatic carbocycles. The van der Waals surface area contributed by atoms with Crippen LogP contribution < -0.4 is 5.32 Å². The van der Waals surface area contributed by atoms with Crippen molar-refractivity contribution in [1.82, 2.24) is 0 Å². The third kappa shape index (κ3) is 4.12. The Balaban J connectivity index is 1.83. The number of quaternary nitrogens is 1. The van der Waals surface area contributed by atoms with E-state index in [0.717, 1.165) is 5.56 Å². The molecule has 0 atom stereocenters. The smallest absolute Gasteiger partial charge is 0.163 e. The van der Waals surface area contributed by atoms with Crippen LogP contribution in [0.1, 0.15) is 16.7 Å². The van der Waals surface area contributed by atoms with E-state index >= 15 is 0 Å². The molecule has 26 heavy (non-hydrogen) atoms. The SMILES string of the molecule is OC(C[NH2+]Cc1ccc(F)cc1)(c1ccc(F)cc1)c1ccc(F)cc1. The van der Waals surface area contributed by atoms with E-state index in [4.69, 9.17) is 0 Å². The van der Waals surface area contributed by atoms with Crippen molar-refractivity contribution in [3.05, 3.63) is 107 Å². The number of benzene rings is 3. The fourth-order valence-corrected chi connectivity index (χ4v) is 2.92. The lowest BCUT2D eigenvalue weighted by Gasteiger charge is -2.27. The van der Waals surface area contributed by atoms with Gasteiger partial charge in [0, 0.05) is 5.56 Å². The molecule has 3 aromatic rings. The quantitative estimate of drug-likeness (QED) is 0.698. The summed E-state index contributed by atoms with van der Waals surface area (Å²) in [5.74, 6) is -1.10. The summed E-state index contributed by atoms with van der Waals surface area (Å²) >= 11 is 0. The van der Waals surface area contributed by atoms with Crippen molar-refractivity contribution < 1.29 is 23.6 Å². The van der Waals surface area contributed by atoms with Crippen LogP contribution in [0.15, 0.2) is 72.8 Å². The van der Waals surface area contributed by atoms with Gasteiger partial charge in [-0.3, -0.25) is 0 Å². The molecule has 5 heteroatoms. The third-order valence-electron chi connectivity index (χ3n) is 4.38. The van der Waals surface area contributed by atoms with Crippen LogP contribution in [0.4, 0.5) is 13.2 Å². The van der Waals surface area contributed by atoms with E-state index in [0.29, 0.717) is 17.7 Å². The Morgan fingerprint density at radius 3 is 1.46 bits per heavy atom. The van der Waals surface area contributed by atoms with Gasteiger partial charge < -0.3 is 10.4 Å². The fraction of sp³-hybridized carbons (Fsp3) is 0.143. The second-order valence-corrected chi connectivity index (χ2v) is 6.20. The molecule has 0 saturated heterocycles. The Morgan fingerprint density at radius 1 is 0.654 bits per heavy atom. The molecule has 0 fully saturated rings. The molecule has 2 nitrogen and oxygen atoms in total. The number of rotatable bonds is 6. The maximum atomic E-state index is 13.3. The van der Waals surface area contributed by atoms with E-state index < -0.39 is 17.2 Å². The maximum absolute atomic E-state index is 13.3. The van der Waals surface area contributed by atoms with Crippen LogP contribution in [-0.2, 0) is 12.1 Å². The normalized spacial score (nSPS) is 11.5. The summed E-state index contributed by atoms with van der Waals surface area (Å²) in [6, 6.07) is 17.3. The number of nitrogens with two attached hydrogens (primary N) is 1. The molecule has 0 aliphatic heterocycles. The predicted octanol–water partition coefficient (Wildman–Crippen LogP) is 3.10. The second-order valence-electron chi connectivity index (χ2n) is 6.20. The summed E-state index contributed by atoms with van der Waals surface area (Å²) in [4.78, 5) is 0. The van der Waals surface area contributed by atoms with Gasteiger partial charge in [-0.1, -0.05) is 36.4 Å². The fourth-order valence-electron chi connectivity index (χ4n) is 2.92. The first-order valence-electron chi connectivity index (χ1n) is 8.28. The lowest BCUT2D eigenvalue weighted by Crippen LogP contribution is -2.86. The number of aliphatic hydroxyl groups is 1. The molecular weight excluding hydrogens is 339 g/mol. The van der Waals surface area contributed by atoms with Gasteiger partial charge in [0.2, 0.25) is 0 Å². The van der Waals surface area contributed by atoms with E-state index in [1.54, 1.807) is 12.1 Å². The molecule has 3 aromatic carbocycles. The van der Waals surface area contributed by atoms with E-state index in [1.807, 2.05) is 5.32 Å². The molecule has 134 valence electrons. The maximum Gasteiger partial charge on any atom is 0.163 e. The van der Waals surface area contributed by atoms with Crippen molar-refractivity contribution in [2.45, 2.75) is 12.1 Å². The summed E-state index contributed by atoms with van der Waals surface area (Å²) in [6.07, 6.45) is 0. The van der Waals surface area contributed by atoms with Crippen molar-refractivity contribution >= 4 is 0 Å². The van der Waals surface area contributed by atoms with Gasteiger partial charge in [0.15, 0.2) is 5.60 Å². The van der Waals surface area contributed by atoms with E-state index in [9.17, 15) is 18.3 Å². The largest absolute Gasteiger partial charge is 0.375 e. The molecule has 3 rings (SSSR count). The Labute approximate surface area is 149 Å². The summed E-state index contributed by atoms with van der Waals surface area (Å²) in [5, 5.41) is 13.2. The predicted molar refractivity (Wildman–Crippen MR) is 92.7 cm³/mol. The van der Waals surface area contributed by atoms with Gasteiger partial charge in [0.25, 0.3) is 0 Å². The first-order valence-corrected chi connectivity index (χ1v) is 8.28. The second kappa shape index (κ2) is 7.72. The molecule has 0 aliphatic rings. The molecule has 3 N–H and O–H groups in total. The monoisotopic (exact) mass is 358 g/mol. The van der Waals surface area contributed by atoms with Gasteiger partial charge >= 0.3 is 0 Å². The molecule has 0 spiro atoms. The van der Waals surface area contributed by atoms with E-state index in [1.165, 1.54) is 60.7 Å².